The lowest BCUT2D eigenvalue weighted by molar-refractivity contribution is 0.666. The second-order valence-corrected chi connectivity index (χ2v) is 15.4. The van der Waals surface area contributed by atoms with Crippen LogP contribution in [0.15, 0.2) is 133 Å². The second kappa shape index (κ2) is 9.01. The van der Waals surface area contributed by atoms with Gasteiger partial charge in [0.25, 0.3) is 0 Å². The summed E-state index contributed by atoms with van der Waals surface area (Å²) >= 11 is 3.82. The SMILES string of the molecule is CC1(C)c2ccccc2-c2ccc3c(c21)c1c2ccccc2cc2sc4c5c(ccc4n3c21)sc1ccccc1n5-c1ccccc1. The van der Waals surface area contributed by atoms with Gasteiger partial charge in [-0.15, -0.1) is 22.7 Å². The summed E-state index contributed by atoms with van der Waals surface area (Å²) in [6.45, 7) is 4.83. The third-order valence-corrected chi connectivity index (χ3v) is 12.7. The molecule has 0 saturated heterocycles. The van der Waals surface area contributed by atoms with E-state index < -0.39 is 0 Å². The summed E-state index contributed by atoms with van der Waals surface area (Å²) in [5.74, 6) is 0. The topological polar surface area (TPSA) is 9.34 Å². The summed E-state index contributed by atoms with van der Waals surface area (Å²) < 4.78 is 10.3. The first-order chi connectivity index (χ1) is 23.1. The lowest BCUT2D eigenvalue weighted by Gasteiger charge is -2.22. The number of para-hydroxylation sites is 2. The zero-order valence-electron chi connectivity index (χ0n) is 25.9. The molecule has 0 spiro atoms. The summed E-state index contributed by atoms with van der Waals surface area (Å²) in [6.07, 6.45) is 0. The molecule has 222 valence electrons. The van der Waals surface area contributed by atoms with Crippen molar-refractivity contribution in [2.45, 2.75) is 19.3 Å². The Kier molecular flexibility index (Phi) is 4.98. The van der Waals surface area contributed by atoms with E-state index in [2.05, 4.69) is 156 Å². The summed E-state index contributed by atoms with van der Waals surface area (Å²) in [6, 6.07) is 49.6. The van der Waals surface area contributed by atoms with Gasteiger partial charge in [0.05, 0.1) is 46.4 Å². The van der Waals surface area contributed by atoms with Gasteiger partial charge >= 0.3 is 0 Å². The van der Waals surface area contributed by atoms with Crippen molar-refractivity contribution < 1.29 is 0 Å². The van der Waals surface area contributed by atoms with Crippen molar-refractivity contribution in [1.29, 1.82) is 0 Å². The lowest BCUT2D eigenvalue weighted by Crippen LogP contribution is -2.15. The summed E-state index contributed by atoms with van der Waals surface area (Å²) in [7, 11) is 0. The van der Waals surface area contributed by atoms with Crippen LogP contribution in [0.1, 0.15) is 25.0 Å². The van der Waals surface area contributed by atoms with Gasteiger partial charge in [-0.2, -0.15) is 0 Å². The van der Waals surface area contributed by atoms with Crippen LogP contribution >= 0.6 is 22.7 Å². The monoisotopic (exact) mass is 636 g/mol. The Hall–Kier alpha value is -5.16. The molecular weight excluding hydrogens is 609 g/mol. The van der Waals surface area contributed by atoms with Crippen molar-refractivity contribution in [1.82, 2.24) is 8.97 Å². The molecule has 3 aromatic heterocycles. The number of benzene rings is 7. The van der Waals surface area contributed by atoms with E-state index in [0.717, 1.165) is 0 Å². The van der Waals surface area contributed by atoms with Gasteiger partial charge in [-0.05, 0) is 81.6 Å². The quantitative estimate of drug-likeness (QED) is 0.125. The molecule has 4 heteroatoms. The molecular formula is C43H28N2S2. The van der Waals surface area contributed by atoms with Crippen molar-refractivity contribution >= 4 is 90.6 Å². The summed E-state index contributed by atoms with van der Waals surface area (Å²) in [4.78, 5) is 0. The Morgan fingerprint density at radius 2 is 1.30 bits per heavy atom. The highest BCUT2D eigenvalue weighted by molar-refractivity contribution is 7.27. The minimum Gasteiger partial charge on any atom is -0.306 e. The zero-order chi connectivity index (χ0) is 31.0. The smallest absolute Gasteiger partial charge is 0.0829 e. The van der Waals surface area contributed by atoms with Crippen LogP contribution in [0.25, 0.3) is 84.7 Å². The first-order valence-corrected chi connectivity index (χ1v) is 17.8. The van der Waals surface area contributed by atoms with E-state index in [4.69, 9.17) is 0 Å². The van der Waals surface area contributed by atoms with Gasteiger partial charge in [0, 0.05) is 21.9 Å². The molecule has 0 N–H and O–H groups in total. The first kappa shape index (κ1) is 26.0. The Morgan fingerprint density at radius 3 is 2.21 bits per heavy atom. The van der Waals surface area contributed by atoms with Crippen molar-refractivity contribution in [3.05, 3.63) is 145 Å². The van der Waals surface area contributed by atoms with Gasteiger partial charge in [-0.25, -0.2) is 0 Å². The van der Waals surface area contributed by atoms with E-state index in [-0.39, 0.29) is 5.41 Å². The van der Waals surface area contributed by atoms with E-state index >= 15 is 0 Å². The molecule has 0 radical (unpaired) electrons. The fourth-order valence-electron chi connectivity index (χ4n) is 8.57. The molecule has 1 aliphatic rings. The minimum atomic E-state index is -0.119. The van der Waals surface area contributed by atoms with E-state index in [1.54, 1.807) is 0 Å². The average molecular weight is 637 g/mol. The largest absolute Gasteiger partial charge is 0.306 e. The van der Waals surface area contributed by atoms with Gasteiger partial charge in [0.1, 0.15) is 0 Å². The van der Waals surface area contributed by atoms with Crippen molar-refractivity contribution in [2.24, 2.45) is 0 Å². The highest BCUT2D eigenvalue weighted by atomic mass is 32.1. The summed E-state index contributed by atoms with van der Waals surface area (Å²) in [5.41, 5.74) is 13.0. The second-order valence-electron chi connectivity index (χ2n) is 13.3. The fraction of sp³-hybridized carbons (Fsp3) is 0.0698. The van der Waals surface area contributed by atoms with E-state index in [9.17, 15) is 0 Å². The van der Waals surface area contributed by atoms with E-state index in [1.165, 1.54) is 95.9 Å². The number of fused-ring (bicyclic) bond motifs is 14. The molecule has 1 aliphatic carbocycles. The molecule has 10 aromatic rings. The first-order valence-electron chi connectivity index (χ1n) is 16.2. The molecule has 0 aliphatic heterocycles. The Morgan fingerprint density at radius 1 is 0.532 bits per heavy atom. The highest BCUT2D eigenvalue weighted by Crippen LogP contribution is 2.55. The Bertz CT molecular complexity index is 2980. The van der Waals surface area contributed by atoms with Gasteiger partial charge < -0.3 is 8.97 Å². The molecule has 0 bridgehead atoms. The fourth-order valence-corrected chi connectivity index (χ4v) is 11.0. The zero-order valence-corrected chi connectivity index (χ0v) is 27.5. The van der Waals surface area contributed by atoms with Gasteiger partial charge in [-0.1, -0.05) is 98.8 Å². The molecule has 7 aromatic carbocycles. The van der Waals surface area contributed by atoms with Gasteiger partial charge in [0.2, 0.25) is 0 Å². The molecule has 2 nitrogen and oxygen atoms in total. The molecule has 0 unspecified atom stereocenters. The van der Waals surface area contributed by atoms with Crippen molar-refractivity contribution in [3.8, 4) is 16.8 Å². The average Bonchev–Trinajstić information content (AvgIpc) is 3.58. The number of nitrogens with zero attached hydrogens (tertiary/aromatic N) is 2. The number of hydrogen-bond donors (Lipinski definition) is 0. The molecule has 0 fully saturated rings. The highest BCUT2D eigenvalue weighted by Gasteiger charge is 2.38. The molecule has 0 atom stereocenters. The molecule has 0 saturated carbocycles. The maximum Gasteiger partial charge on any atom is 0.0829 e. The van der Waals surface area contributed by atoms with Crippen LogP contribution in [0.4, 0.5) is 0 Å². The molecule has 47 heavy (non-hydrogen) atoms. The van der Waals surface area contributed by atoms with Crippen LogP contribution in [-0.2, 0) is 5.41 Å². The van der Waals surface area contributed by atoms with Crippen LogP contribution in [-0.4, -0.2) is 8.97 Å². The summed E-state index contributed by atoms with van der Waals surface area (Å²) in [5, 5.41) is 5.39. The molecule has 11 rings (SSSR count). The van der Waals surface area contributed by atoms with Crippen LogP contribution in [0.2, 0.25) is 0 Å². The standard InChI is InChI=1S/C43H28N2S2/c1-43(2)30-17-9-8-16-28(30)29-20-21-32-38(39(29)43)37-27-15-7-6-12-25(27)24-36-40(37)45(32)33-22-23-35-41(42(33)47-36)44(26-13-4-3-5-14-26)31-18-10-11-19-34(31)46-35/h3-24H,1-2H3. The Labute approximate surface area is 279 Å². The predicted octanol–water partition coefficient (Wildman–Crippen LogP) is 12.6. The van der Waals surface area contributed by atoms with Crippen LogP contribution in [0.3, 0.4) is 0 Å². The van der Waals surface area contributed by atoms with E-state index in [0.29, 0.717) is 0 Å². The predicted molar refractivity (Wildman–Crippen MR) is 204 cm³/mol. The number of aromatic nitrogens is 2. The normalized spacial score (nSPS) is 13.9. The third-order valence-electron chi connectivity index (χ3n) is 10.5. The maximum absolute atomic E-state index is 2.59. The van der Waals surface area contributed by atoms with Crippen molar-refractivity contribution in [3.63, 3.8) is 0 Å². The number of hydrogen-bond acceptors (Lipinski definition) is 2. The van der Waals surface area contributed by atoms with Crippen LogP contribution in [0, 0.1) is 0 Å². The van der Waals surface area contributed by atoms with Gasteiger partial charge in [0.15, 0.2) is 0 Å². The van der Waals surface area contributed by atoms with Gasteiger partial charge in [-0.3, -0.25) is 0 Å². The molecule has 3 heterocycles. The van der Waals surface area contributed by atoms with Crippen LogP contribution < -0.4 is 0 Å². The van der Waals surface area contributed by atoms with Crippen molar-refractivity contribution in [2.75, 3.05) is 0 Å². The van der Waals surface area contributed by atoms with E-state index in [1.807, 2.05) is 22.7 Å². The minimum absolute atomic E-state index is 0.119. The third kappa shape index (κ3) is 3.24. The maximum atomic E-state index is 2.59. The lowest BCUT2D eigenvalue weighted by atomic mass is 9.80. The number of rotatable bonds is 1. The Balaban J connectivity index is 1.42. The van der Waals surface area contributed by atoms with Crippen LogP contribution in [0.5, 0.6) is 0 Å². The molecule has 0 amide bonds.